The fourth-order valence-corrected chi connectivity index (χ4v) is 3.09. The highest BCUT2D eigenvalue weighted by molar-refractivity contribution is 5.98. The molecule has 6 nitrogen and oxygen atoms in total. The number of nitrogens with one attached hydrogen (secondary N) is 3. The molecule has 0 aromatic heterocycles. The van der Waals surface area contributed by atoms with Crippen LogP contribution >= 0.6 is 0 Å². The molecule has 0 aliphatic carbocycles. The summed E-state index contributed by atoms with van der Waals surface area (Å²) in [4.78, 5) is 24.9. The van der Waals surface area contributed by atoms with Gasteiger partial charge < -0.3 is 20.7 Å². The van der Waals surface area contributed by atoms with Gasteiger partial charge in [-0.05, 0) is 49.7 Å². The molecule has 0 bridgehead atoms. The molecule has 0 aliphatic heterocycles. The van der Waals surface area contributed by atoms with Crippen LogP contribution in [0.2, 0.25) is 0 Å². The third-order valence-electron chi connectivity index (χ3n) is 4.65. The van der Waals surface area contributed by atoms with Gasteiger partial charge in [-0.2, -0.15) is 0 Å². The Morgan fingerprint density at radius 3 is 2.42 bits per heavy atom. The molecule has 3 rings (SSSR count). The number of amides is 2. The Morgan fingerprint density at radius 1 is 0.903 bits per heavy atom. The van der Waals surface area contributed by atoms with E-state index in [1.807, 2.05) is 68.4 Å². The Kier molecular flexibility index (Phi) is 7.65. The topological polar surface area (TPSA) is 79.5 Å². The van der Waals surface area contributed by atoms with Gasteiger partial charge >= 0.3 is 0 Å². The molecule has 2 amide bonds. The first-order valence-corrected chi connectivity index (χ1v) is 10.3. The maximum Gasteiger partial charge on any atom is 0.251 e. The third kappa shape index (κ3) is 6.60. The van der Waals surface area contributed by atoms with Crippen molar-refractivity contribution in [3.05, 3.63) is 90.0 Å². The molecular weight excluding hydrogens is 390 g/mol. The minimum absolute atomic E-state index is 0.0943. The Hall–Kier alpha value is -3.80. The molecule has 3 aromatic rings. The van der Waals surface area contributed by atoms with E-state index in [0.717, 1.165) is 17.0 Å². The van der Waals surface area contributed by atoms with Crippen LogP contribution in [0.15, 0.2) is 78.9 Å². The molecule has 31 heavy (non-hydrogen) atoms. The molecule has 0 saturated carbocycles. The summed E-state index contributed by atoms with van der Waals surface area (Å²) in [6.07, 6.45) is 0. The Bertz CT molecular complexity index is 1020. The average Bonchev–Trinajstić information content (AvgIpc) is 2.79. The van der Waals surface area contributed by atoms with Crippen molar-refractivity contribution in [2.75, 3.05) is 23.8 Å². The highest BCUT2D eigenvalue weighted by atomic mass is 16.5. The van der Waals surface area contributed by atoms with Gasteiger partial charge in [-0.1, -0.05) is 42.5 Å². The molecule has 6 heteroatoms. The van der Waals surface area contributed by atoms with E-state index >= 15 is 0 Å². The van der Waals surface area contributed by atoms with Crippen LogP contribution in [0.4, 0.5) is 11.4 Å². The molecule has 0 saturated heterocycles. The van der Waals surface area contributed by atoms with Gasteiger partial charge in [0.15, 0.2) is 0 Å². The molecule has 1 atom stereocenters. The fourth-order valence-electron chi connectivity index (χ4n) is 3.09. The second-order valence-electron chi connectivity index (χ2n) is 7.05. The van der Waals surface area contributed by atoms with Crippen molar-refractivity contribution < 1.29 is 14.3 Å². The number of benzene rings is 3. The minimum atomic E-state index is -0.211. The number of hydrogen-bond acceptors (Lipinski definition) is 4. The van der Waals surface area contributed by atoms with E-state index in [1.54, 1.807) is 24.3 Å². The lowest BCUT2D eigenvalue weighted by atomic mass is 10.1. The molecule has 3 aromatic carbocycles. The van der Waals surface area contributed by atoms with E-state index in [1.165, 1.54) is 0 Å². The third-order valence-corrected chi connectivity index (χ3v) is 4.65. The van der Waals surface area contributed by atoms with Gasteiger partial charge in [0.2, 0.25) is 5.91 Å². The molecule has 160 valence electrons. The van der Waals surface area contributed by atoms with Crippen LogP contribution in [0.1, 0.15) is 35.8 Å². The van der Waals surface area contributed by atoms with Gasteiger partial charge in [0, 0.05) is 23.0 Å². The monoisotopic (exact) mass is 417 g/mol. The Morgan fingerprint density at radius 2 is 1.65 bits per heavy atom. The number of rotatable bonds is 9. The standard InChI is InChI=1S/C25H27N3O3/c1-3-31-23-14-8-12-21(16-23)26-17-24(29)28-22-13-7-11-20(15-22)25(30)27-18(2)19-9-5-4-6-10-19/h4-16,18,26H,3,17H2,1-2H3,(H,27,30)(H,28,29). The quantitative estimate of drug-likeness (QED) is 0.474. The second kappa shape index (κ2) is 10.8. The summed E-state index contributed by atoms with van der Waals surface area (Å²) in [5.74, 6) is 0.340. The summed E-state index contributed by atoms with van der Waals surface area (Å²) in [7, 11) is 0. The summed E-state index contributed by atoms with van der Waals surface area (Å²) in [5.41, 5.74) is 2.87. The van der Waals surface area contributed by atoms with E-state index in [4.69, 9.17) is 4.74 Å². The zero-order valence-corrected chi connectivity index (χ0v) is 17.7. The maximum atomic E-state index is 12.6. The summed E-state index contributed by atoms with van der Waals surface area (Å²) in [6.45, 7) is 4.53. The van der Waals surface area contributed by atoms with Crippen molar-refractivity contribution in [1.29, 1.82) is 0 Å². The molecular formula is C25H27N3O3. The summed E-state index contributed by atoms with van der Waals surface area (Å²) < 4.78 is 5.46. The lowest BCUT2D eigenvalue weighted by Gasteiger charge is -2.15. The van der Waals surface area contributed by atoms with E-state index in [-0.39, 0.29) is 24.4 Å². The van der Waals surface area contributed by atoms with Crippen molar-refractivity contribution in [1.82, 2.24) is 5.32 Å². The average molecular weight is 418 g/mol. The molecule has 0 radical (unpaired) electrons. The number of carbonyl (C=O) groups is 2. The number of ether oxygens (including phenoxy) is 1. The lowest BCUT2D eigenvalue weighted by molar-refractivity contribution is -0.114. The van der Waals surface area contributed by atoms with Gasteiger partial charge in [-0.15, -0.1) is 0 Å². The van der Waals surface area contributed by atoms with Gasteiger partial charge in [-0.3, -0.25) is 9.59 Å². The first-order chi connectivity index (χ1) is 15.0. The van der Waals surface area contributed by atoms with Crippen molar-refractivity contribution in [3.8, 4) is 5.75 Å². The first-order valence-electron chi connectivity index (χ1n) is 10.3. The van der Waals surface area contributed by atoms with Crippen molar-refractivity contribution in [2.45, 2.75) is 19.9 Å². The van der Waals surface area contributed by atoms with Crippen LogP contribution in [0.3, 0.4) is 0 Å². The maximum absolute atomic E-state index is 12.6. The van der Waals surface area contributed by atoms with Crippen molar-refractivity contribution in [3.63, 3.8) is 0 Å². The highest BCUT2D eigenvalue weighted by Gasteiger charge is 2.12. The first kappa shape index (κ1) is 21.9. The van der Waals surface area contributed by atoms with Crippen LogP contribution in [-0.4, -0.2) is 25.0 Å². The smallest absolute Gasteiger partial charge is 0.251 e. The van der Waals surface area contributed by atoms with Crippen LogP contribution in [0, 0.1) is 0 Å². The lowest BCUT2D eigenvalue weighted by Crippen LogP contribution is -2.27. The van der Waals surface area contributed by atoms with Crippen LogP contribution in [0.5, 0.6) is 5.75 Å². The molecule has 0 heterocycles. The second-order valence-corrected chi connectivity index (χ2v) is 7.05. The molecule has 1 unspecified atom stereocenters. The Balaban J connectivity index is 1.55. The van der Waals surface area contributed by atoms with Crippen LogP contribution < -0.4 is 20.7 Å². The molecule has 3 N–H and O–H groups in total. The SMILES string of the molecule is CCOc1cccc(NCC(=O)Nc2cccc(C(=O)NC(C)c3ccccc3)c2)c1. The normalized spacial score (nSPS) is 11.3. The Labute approximate surface area is 182 Å². The predicted molar refractivity (Wildman–Crippen MR) is 123 cm³/mol. The van der Waals surface area contributed by atoms with E-state index in [0.29, 0.717) is 17.9 Å². The molecule has 0 aliphatic rings. The van der Waals surface area contributed by atoms with E-state index < -0.39 is 0 Å². The van der Waals surface area contributed by atoms with E-state index in [2.05, 4.69) is 16.0 Å². The predicted octanol–water partition coefficient (Wildman–Crippen LogP) is 4.63. The van der Waals surface area contributed by atoms with Gasteiger partial charge in [0.25, 0.3) is 5.91 Å². The zero-order valence-electron chi connectivity index (χ0n) is 17.7. The van der Waals surface area contributed by atoms with Gasteiger partial charge in [0.05, 0.1) is 19.2 Å². The van der Waals surface area contributed by atoms with Crippen molar-refractivity contribution in [2.24, 2.45) is 0 Å². The summed E-state index contributed by atoms with van der Waals surface area (Å²) in [5, 5.41) is 8.87. The van der Waals surface area contributed by atoms with Gasteiger partial charge in [-0.25, -0.2) is 0 Å². The minimum Gasteiger partial charge on any atom is -0.494 e. The highest BCUT2D eigenvalue weighted by Crippen LogP contribution is 2.18. The largest absolute Gasteiger partial charge is 0.494 e. The number of carbonyl (C=O) groups excluding carboxylic acids is 2. The summed E-state index contributed by atoms with van der Waals surface area (Å²) >= 11 is 0. The fraction of sp³-hybridized carbons (Fsp3) is 0.200. The molecule has 0 fully saturated rings. The number of hydrogen-bond donors (Lipinski definition) is 3. The van der Waals surface area contributed by atoms with Crippen LogP contribution in [0.25, 0.3) is 0 Å². The molecule has 0 spiro atoms. The van der Waals surface area contributed by atoms with Gasteiger partial charge in [0.1, 0.15) is 5.75 Å². The summed E-state index contributed by atoms with van der Waals surface area (Å²) in [6, 6.07) is 24.0. The van der Waals surface area contributed by atoms with E-state index in [9.17, 15) is 9.59 Å². The van der Waals surface area contributed by atoms with Crippen molar-refractivity contribution >= 4 is 23.2 Å². The van der Waals surface area contributed by atoms with Crippen LogP contribution in [-0.2, 0) is 4.79 Å². The number of anilines is 2. The zero-order chi connectivity index (χ0) is 22.1.